The molecule has 5 nitrogen and oxygen atoms in total. The number of benzene rings is 2. The summed E-state index contributed by atoms with van der Waals surface area (Å²) in [6, 6.07) is 17.2. The van der Waals surface area contributed by atoms with Gasteiger partial charge in [0.25, 0.3) is 5.91 Å². The molecule has 0 aliphatic heterocycles. The molecule has 1 N–H and O–H groups in total. The van der Waals surface area contributed by atoms with Crippen molar-refractivity contribution in [2.45, 2.75) is 6.92 Å². The number of hydrogen-bond acceptors (Lipinski definition) is 4. The van der Waals surface area contributed by atoms with E-state index in [1.807, 2.05) is 55.5 Å². The molecule has 7 heteroatoms. The Bertz CT molecular complexity index is 985. The van der Waals surface area contributed by atoms with Crippen LogP contribution in [0, 0.1) is 10.5 Å². The molecular weight excluding hydrogens is 523 g/mol. The number of carbonyl (C=O) groups is 1. The zero-order chi connectivity index (χ0) is 19.2. The van der Waals surface area contributed by atoms with Crippen molar-refractivity contribution < 1.29 is 13.9 Å². The maximum absolute atomic E-state index is 11.8. The van der Waals surface area contributed by atoms with Crippen molar-refractivity contribution in [3.05, 3.63) is 74.0 Å². The van der Waals surface area contributed by atoms with E-state index in [-0.39, 0.29) is 12.5 Å². The number of nitrogens with one attached hydrogen (secondary N) is 1. The number of nitrogens with zero attached hydrogens (tertiary/aromatic N) is 1. The first kappa shape index (κ1) is 19.6. The Morgan fingerprint density at radius 1 is 1.26 bits per heavy atom. The van der Waals surface area contributed by atoms with Gasteiger partial charge in [0, 0.05) is 10.0 Å². The first-order valence-corrected chi connectivity index (χ1v) is 9.95. The molecule has 1 amide bonds. The van der Waals surface area contributed by atoms with Gasteiger partial charge in [0.15, 0.2) is 6.61 Å². The Kier molecular flexibility index (Phi) is 6.68. The van der Waals surface area contributed by atoms with Gasteiger partial charge in [0.05, 0.1) is 9.78 Å². The van der Waals surface area contributed by atoms with Crippen molar-refractivity contribution in [3.63, 3.8) is 0 Å². The van der Waals surface area contributed by atoms with Gasteiger partial charge in [0.1, 0.15) is 17.3 Å². The van der Waals surface area contributed by atoms with Crippen LogP contribution < -0.4 is 10.2 Å². The molecule has 0 fully saturated rings. The minimum atomic E-state index is -0.348. The fourth-order valence-electron chi connectivity index (χ4n) is 2.29. The third-order valence-electron chi connectivity index (χ3n) is 3.59. The highest BCUT2D eigenvalue weighted by Gasteiger charge is 2.08. The van der Waals surface area contributed by atoms with Gasteiger partial charge in [-0.3, -0.25) is 4.79 Å². The molecule has 0 unspecified atom stereocenters. The van der Waals surface area contributed by atoms with Crippen LogP contribution in [-0.2, 0) is 4.79 Å². The number of rotatable bonds is 6. The summed E-state index contributed by atoms with van der Waals surface area (Å²) >= 11 is 5.69. The molecule has 138 valence electrons. The van der Waals surface area contributed by atoms with E-state index in [0.717, 1.165) is 24.9 Å². The van der Waals surface area contributed by atoms with Gasteiger partial charge in [0.2, 0.25) is 0 Å². The van der Waals surface area contributed by atoms with Crippen LogP contribution in [0.2, 0.25) is 0 Å². The van der Waals surface area contributed by atoms with Gasteiger partial charge >= 0.3 is 0 Å². The molecule has 1 aromatic heterocycles. The van der Waals surface area contributed by atoms with Crippen LogP contribution in [0.15, 0.2) is 68.6 Å². The molecule has 1 heterocycles. The lowest BCUT2D eigenvalue weighted by atomic mass is 10.1. The molecule has 2 aromatic carbocycles. The Hall–Kier alpha value is -2.13. The van der Waals surface area contributed by atoms with E-state index in [9.17, 15) is 4.79 Å². The lowest BCUT2D eigenvalue weighted by Gasteiger charge is -2.06. The summed E-state index contributed by atoms with van der Waals surface area (Å²) in [5.74, 6) is 1.57. The zero-order valence-electron chi connectivity index (χ0n) is 14.4. The van der Waals surface area contributed by atoms with Gasteiger partial charge in [-0.15, -0.1) is 0 Å². The predicted molar refractivity (Wildman–Crippen MR) is 117 cm³/mol. The number of halogens is 2. The van der Waals surface area contributed by atoms with Gasteiger partial charge < -0.3 is 9.15 Å². The van der Waals surface area contributed by atoms with Crippen molar-refractivity contribution in [1.29, 1.82) is 0 Å². The fraction of sp³-hybridized carbons (Fsp3) is 0.100. The fourth-order valence-corrected chi connectivity index (χ4v) is 3.52. The van der Waals surface area contributed by atoms with Crippen molar-refractivity contribution in [3.8, 4) is 17.1 Å². The molecule has 3 rings (SSSR count). The standard InChI is InChI=1S/C20H16BrIN2O3/c1-13-6-8-15(16(21)10-13)18-9-7-14(27-18)11-23-24-20(25)12-26-19-5-3-2-4-17(19)22/h2-11H,12H2,1H3,(H,24,25)/b23-11+. The molecule has 0 saturated heterocycles. The van der Waals surface area contributed by atoms with Crippen LogP contribution in [0.3, 0.4) is 0 Å². The Morgan fingerprint density at radius 2 is 2.07 bits per heavy atom. The van der Waals surface area contributed by atoms with Gasteiger partial charge in [-0.1, -0.05) is 34.1 Å². The zero-order valence-corrected chi connectivity index (χ0v) is 18.2. The quantitative estimate of drug-likeness (QED) is 0.268. The monoisotopic (exact) mass is 538 g/mol. The third kappa shape index (κ3) is 5.43. The minimum Gasteiger partial charge on any atom is -0.483 e. The summed E-state index contributed by atoms with van der Waals surface area (Å²) in [5.41, 5.74) is 4.54. The molecule has 0 aliphatic carbocycles. The average Bonchev–Trinajstić information content (AvgIpc) is 3.09. The number of furan rings is 1. The lowest BCUT2D eigenvalue weighted by molar-refractivity contribution is -0.123. The highest BCUT2D eigenvalue weighted by Crippen LogP contribution is 2.30. The SMILES string of the molecule is Cc1ccc(-c2ccc(/C=N/NC(=O)COc3ccccc3I)o2)c(Br)c1. The normalized spacial score (nSPS) is 10.9. The summed E-state index contributed by atoms with van der Waals surface area (Å²) in [6.07, 6.45) is 1.45. The molecular formula is C20H16BrIN2O3. The summed E-state index contributed by atoms with van der Waals surface area (Å²) in [7, 11) is 0. The molecule has 0 bridgehead atoms. The van der Waals surface area contributed by atoms with Crippen LogP contribution in [0.25, 0.3) is 11.3 Å². The van der Waals surface area contributed by atoms with Crippen LogP contribution >= 0.6 is 38.5 Å². The van der Waals surface area contributed by atoms with Crippen molar-refractivity contribution in [1.82, 2.24) is 5.43 Å². The highest BCUT2D eigenvalue weighted by molar-refractivity contribution is 14.1. The second-order valence-electron chi connectivity index (χ2n) is 5.70. The summed E-state index contributed by atoms with van der Waals surface area (Å²) in [4.78, 5) is 11.8. The third-order valence-corrected chi connectivity index (χ3v) is 5.14. The predicted octanol–water partition coefficient (Wildman–Crippen LogP) is 5.15. The van der Waals surface area contributed by atoms with E-state index in [0.29, 0.717) is 11.5 Å². The van der Waals surface area contributed by atoms with E-state index in [1.54, 1.807) is 6.07 Å². The number of amides is 1. The highest BCUT2D eigenvalue weighted by atomic mass is 127. The number of carbonyl (C=O) groups excluding carboxylic acids is 1. The number of para-hydroxylation sites is 1. The van der Waals surface area contributed by atoms with Crippen LogP contribution in [0.5, 0.6) is 5.75 Å². The Morgan fingerprint density at radius 3 is 2.85 bits per heavy atom. The number of hydrogen-bond donors (Lipinski definition) is 1. The Balaban J connectivity index is 1.55. The van der Waals surface area contributed by atoms with Gasteiger partial charge in [-0.05, 0) is 71.5 Å². The second-order valence-corrected chi connectivity index (χ2v) is 7.71. The topological polar surface area (TPSA) is 63.8 Å². The van der Waals surface area contributed by atoms with Crippen molar-refractivity contribution in [2.75, 3.05) is 6.61 Å². The molecule has 0 atom stereocenters. The van der Waals surface area contributed by atoms with Gasteiger partial charge in [-0.25, -0.2) is 5.43 Å². The maximum atomic E-state index is 11.8. The summed E-state index contributed by atoms with van der Waals surface area (Å²) < 4.78 is 13.1. The molecule has 0 aliphatic rings. The van der Waals surface area contributed by atoms with Crippen molar-refractivity contribution >= 4 is 50.6 Å². The molecule has 0 radical (unpaired) electrons. The van der Waals surface area contributed by atoms with Gasteiger partial charge in [-0.2, -0.15) is 5.10 Å². The van der Waals surface area contributed by atoms with E-state index in [4.69, 9.17) is 9.15 Å². The number of ether oxygens (including phenoxy) is 1. The van der Waals surface area contributed by atoms with E-state index in [1.165, 1.54) is 6.21 Å². The van der Waals surface area contributed by atoms with E-state index >= 15 is 0 Å². The average molecular weight is 539 g/mol. The van der Waals surface area contributed by atoms with E-state index in [2.05, 4.69) is 49.0 Å². The molecule has 27 heavy (non-hydrogen) atoms. The van der Waals surface area contributed by atoms with Crippen LogP contribution in [0.4, 0.5) is 0 Å². The lowest BCUT2D eigenvalue weighted by Crippen LogP contribution is -2.24. The molecule has 0 saturated carbocycles. The first-order chi connectivity index (χ1) is 13.0. The largest absolute Gasteiger partial charge is 0.483 e. The smallest absolute Gasteiger partial charge is 0.277 e. The first-order valence-electron chi connectivity index (χ1n) is 8.08. The molecule has 3 aromatic rings. The number of aryl methyl sites for hydroxylation is 1. The van der Waals surface area contributed by atoms with Crippen molar-refractivity contribution in [2.24, 2.45) is 5.10 Å². The summed E-state index contributed by atoms with van der Waals surface area (Å²) in [5, 5.41) is 3.91. The Labute approximate surface area is 179 Å². The molecule has 0 spiro atoms. The minimum absolute atomic E-state index is 0.114. The second kappa shape index (κ2) is 9.18. The van der Waals surface area contributed by atoms with Crippen LogP contribution in [-0.4, -0.2) is 18.7 Å². The number of hydrazone groups is 1. The summed E-state index contributed by atoms with van der Waals surface area (Å²) in [6.45, 7) is 1.91. The van der Waals surface area contributed by atoms with E-state index < -0.39 is 0 Å². The van der Waals surface area contributed by atoms with Crippen LogP contribution in [0.1, 0.15) is 11.3 Å². The maximum Gasteiger partial charge on any atom is 0.277 e.